The number of sulfone groups is 1. The van der Waals surface area contributed by atoms with Gasteiger partial charge in [0.1, 0.15) is 28.8 Å². The number of amides is 1. The highest BCUT2D eigenvalue weighted by Gasteiger charge is 2.15. The molecule has 38 heavy (non-hydrogen) atoms. The molecule has 3 aromatic carbocycles. The molecule has 0 spiro atoms. The lowest BCUT2D eigenvalue weighted by atomic mass is 10.1. The van der Waals surface area contributed by atoms with E-state index in [1.54, 1.807) is 24.3 Å². The van der Waals surface area contributed by atoms with Crippen molar-refractivity contribution in [2.24, 2.45) is 0 Å². The zero-order chi connectivity index (χ0) is 27.7. The number of rotatable bonds is 11. The van der Waals surface area contributed by atoms with Gasteiger partial charge in [0.25, 0.3) is 0 Å². The van der Waals surface area contributed by atoms with E-state index < -0.39 is 15.7 Å². The second-order valence-electron chi connectivity index (χ2n) is 7.96. The number of ether oxygens (including phenoxy) is 4. The van der Waals surface area contributed by atoms with Crippen LogP contribution in [0.2, 0.25) is 0 Å². The van der Waals surface area contributed by atoms with Crippen LogP contribution in [0.1, 0.15) is 16.7 Å². The summed E-state index contributed by atoms with van der Waals surface area (Å²) in [6.45, 7) is 0. The van der Waals surface area contributed by atoms with Crippen molar-refractivity contribution in [1.29, 1.82) is 0 Å². The quantitative estimate of drug-likeness (QED) is 0.337. The Morgan fingerprint density at radius 2 is 1.47 bits per heavy atom. The van der Waals surface area contributed by atoms with Crippen molar-refractivity contribution >= 4 is 33.6 Å². The monoisotopic (exact) mass is 541 g/mol. The van der Waals surface area contributed by atoms with Gasteiger partial charge in [0.2, 0.25) is 5.91 Å². The number of benzene rings is 3. The number of anilines is 1. The summed E-state index contributed by atoms with van der Waals surface area (Å²) in [5.41, 5.74) is 1.82. The van der Waals surface area contributed by atoms with Gasteiger partial charge in [-0.15, -0.1) is 0 Å². The zero-order valence-electron chi connectivity index (χ0n) is 21.4. The fraction of sp³-hybridized carbons (Fsp3) is 0.179. The van der Waals surface area contributed by atoms with Crippen molar-refractivity contribution in [2.45, 2.75) is 5.75 Å². The van der Waals surface area contributed by atoms with Gasteiger partial charge in [0.05, 0.1) is 45.4 Å². The Morgan fingerprint density at radius 3 is 2.05 bits per heavy atom. The van der Waals surface area contributed by atoms with Gasteiger partial charge in [-0.25, -0.2) is 12.8 Å². The minimum atomic E-state index is -3.73. The molecule has 3 rings (SSSR count). The summed E-state index contributed by atoms with van der Waals surface area (Å²) in [4.78, 5) is 12.5. The van der Waals surface area contributed by atoms with Crippen molar-refractivity contribution in [1.82, 2.24) is 0 Å². The Labute approximate surface area is 221 Å². The molecule has 200 valence electrons. The molecule has 0 aliphatic carbocycles. The summed E-state index contributed by atoms with van der Waals surface area (Å²) in [6.07, 6.45) is 4.22. The molecule has 0 saturated heterocycles. The molecule has 0 bridgehead atoms. The molecule has 0 aliphatic heterocycles. The van der Waals surface area contributed by atoms with Crippen LogP contribution in [-0.2, 0) is 20.4 Å². The Morgan fingerprint density at radius 1 is 0.842 bits per heavy atom. The summed E-state index contributed by atoms with van der Waals surface area (Å²) in [5, 5.41) is 3.76. The van der Waals surface area contributed by atoms with Crippen LogP contribution in [0.5, 0.6) is 23.0 Å². The highest BCUT2D eigenvalue weighted by atomic mass is 32.2. The number of methoxy groups -OCH3 is 4. The number of halogens is 1. The van der Waals surface area contributed by atoms with Gasteiger partial charge >= 0.3 is 0 Å². The lowest BCUT2D eigenvalue weighted by molar-refractivity contribution is -0.111. The van der Waals surface area contributed by atoms with E-state index in [9.17, 15) is 17.6 Å². The molecule has 0 saturated carbocycles. The molecule has 0 aromatic heterocycles. The SMILES string of the molecule is COc1cc(OC)c(/C=C/S(=O)(=O)Cc2ccc(OC)c(NC(=O)/C=C\c3ccc(F)cc3)c2)c(OC)c1. The van der Waals surface area contributed by atoms with Crippen molar-refractivity contribution in [3.8, 4) is 23.0 Å². The van der Waals surface area contributed by atoms with E-state index in [-0.39, 0.29) is 11.6 Å². The lowest BCUT2D eigenvalue weighted by Gasteiger charge is -2.13. The fourth-order valence-electron chi connectivity index (χ4n) is 3.51. The third-order valence-electron chi connectivity index (χ3n) is 5.38. The fourth-order valence-corrected chi connectivity index (χ4v) is 4.60. The Hall–Kier alpha value is -4.31. The molecule has 0 atom stereocenters. The Bertz CT molecular complexity index is 1420. The van der Waals surface area contributed by atoms with Crippen molar-refractivity contribution in [2.75, 3.05) is 33.8 Å². The number of hydrogen-bond acceptors (Lipinski definition) is 7. The first-order chi connectivity index (χ1) is 18.2. The Balaban J connectivity index is 1.79. The molecular formula is C28H28FNO7S. The normalized spacial score (nSPS) is 11.5. The molecule has 1 N–H and O–H groups in total. The number of carbonyl (C=O) groups excluding carboxylic acids is 1. The molecule has 3 aromatic rings. The topological polar surface area (TPSA) is 100 Å². The second-order valence-corrected chi connectivity index (χ2v) is 9.85. The first-order valence-corrected chi connectivity index (χ1v) is 13.0. The molecule has 8 nitrogen and oxygen atoms in total. The van der Waals surface area contributed by atoms with E-state index in [4.69, 9.17) is 18.9 Å². The highest BCUT2D eigenvalue weighted by Crippen LogP contribution is 2.35. The molecule has 0 aliphatic rings. The van der Waals surface area contributed by atoms with Crippen LogP contribution in [0.3, 0.4) is 0 Å². The summed E-state index contributed by atoms with van der Waals surface area (Å²) in [5.74, 6) is 0.456. The molecule has 0 heterocycles. The van der Waals surface area contributed by atoms with E-state index >= 15 is 0 Å². The van der Waals surface area contributed by atoms with E-state index in [2.05, 4.69) is 5.32 Å². The molecular weight excluding hydrogens is 513 g/mol. The van der Waals surface area contributed by atoms with Crippen LogP contribution >= 0.6 is 0 Å². The molecule has 0 fully saturated rings. The third-order valence-corrected chi connectivity index (χ3v) is 6.67. The summed E-state index contributed by atoms with van der Waals surface area (Å²) in [6, 6.07) is 13.6. The van der Waals surface area contributed by atoms with Crippen LogP contribution in [0.25, 0.3) is 12.2 Å². The van der Waals surface area contributed by atoms with Crippen LogP contribution in [-0.4, -0.2) is 42.8 Å². The summed E-state index contributed by atoms with van der Waals surface area (Å²) in [7, 11) is 2.13. The van der Waals surface area contributed by atoms with Crippen molar-refractivity contribution < 1.29 is 36.6 Å². The maximum absolute atomic E-state index is 13.1. The van der Waals surface area contributed by atoms with Crippen LogP contribution < -0.4 is 24.3 Å². The first kappa shape index (κ1) is 28.3. The van der Waals surface area contributed by atoms with Gasteiger partial charge in [0, 0.05) is 23.6 Å². The van der Waals surface area contributed by atoms with E-state index in [1.807, 2.05) is 0 Å². The minimum Gasteiger partial charge on any atom is -0.496 e. The predicted molar refractivity (Wildman–Crippen MR) is 145 cm³/mol. The van der Waals surface area contributed by atoms with Crippen molar-refractivity contribution in [3.05, 3.63) is 88.6 Å². The molecule has 0 unspecified atom stereocenters. The zero-order valence-corrected chi connectivity index (χ0v) is 22.2. The van der Waals surface area contributed by atoms with Gasteiger partial charge in [-0.3, -0.25) is 4.79 Å². The average Bonchev–Trinajstić information content (AvgIpc) is 2.91. The predicted octanol–water partition coefficient (Wildman–Crippen LogP) is 5.10. The van der Waals surface area contributed by atoms with Crippen LogP contribution in [0, 0.1) is 5.82 Å². The standard InChI is InChI=1S/C28H28FNO7S/c1-34-22-16-26(36-3)23(27(17-22)37-4)13-14-38(32,33)18-20-7-11-25(35-2)24(15-20)30-28(31)12-8-19-5-9-21(29)10-6-19/h5-17H,18H2,1-4H3,(H,30,31)/b12-8-,14-13+. The van der Waals surface area contributed by atoms with Gasteiger partial charge in [-0.05, 0) is 47.5 Å². The summed E-state index contributed by atoms with van der Waals surface area (Å²) >= 11 is 0. The first-order valence-electron chi connectivity index (χ1n) is 11.3. The highest BCUT2D eigenvalue weighted by molar-refractivity contribution is 7.93. The number of nitrogens with one attached hydrogen (secondary N) is 1. The van der Waals surface area contributed by atoms with Gasteiger partial charge in [-0.1, -0.05) is 18.2 Å². The smallest absolute Gasteiger partial charge is 0.248 e. The maximum atomic E-state index is 13.1. The van der Waals surface area contributed by atoms with Crippen LogP contribution in [0.15, 0.2) is 66.1 Å². The van der Waals surface area contributed by atoms with Crippen molar-refractivity contribution in [3.63, 3.8) is 0 Å². The van der Waals surface area contributed by atoms with E-state index in [0.29, 0.717) is 45.4 Å². The molecule has 0 radical (unpaired) electrons. The molecule has 1 amide bonds. The minimum absolute atomic E-state index is 0.302. The van der Waals surface area contributed by atoms with Gasteiger partial charge < -0.3 is 24.3 Å². The largest absolute Gasteiger partial charge is 0.496 e. The van der Waals surface area contributed by atoms with Gasteiger partial charge in [0.15, 0.2) is 9.84 Å². The van der Waals surface area contributed by atoms with E-state index in [1.165, 1.54) is 77.0 Å². The van der Waals surface area contributed by atoms with Gasteiger partial charge in [-0.2, -0.15) is 0 Å². The second kappa shape index (κ2) is 12.8. The van der Waals surface area contributed by atoms with Crippen LogP contribution in [0.4, 0.5) is 10.1 Å². The Kier molecular flexibility index (Phi) is 9.50. The third kappa shape index (κ3) is 7.59. The number of hydrogen-bond donors (Lipinski definition) is 1. The average molecular weight is 542 g/mol. The summed E-state index contributed by atoms with van der Waals surface area (Å²) < 4.78 is 60.1. The maximum Gasteiger partial charge on any atom is 0.248 e. The number of carbonyl (C=O) groups is 1. The van der Waals surface area contributed by atoms with E-state index in [0.717, 1.165) is 5.41 Å². The lowest BCUT2D eigenvalue weighted by Crippen LogP contribution is -2.10. The molecule has 10 heteroatoms.